The Bertz CT molecular complexity index is 1130. The van der Waals surface area contributed by atoms with Crippen LogP contribution in [0.15, 0.2) is 70.5 Å². The third-order valence-corrected chi connectivity index (χ3v) is 6.41. The summed E-state index contributed by atoms with van der Waals surface area (Å²) in [5, 5.41) is 6.44. The van der Waals surface area contributed by atoms with Crippen LogP contribution in [-0.4, -0.2) is 11.9 Å². The van der Waals surface area contributed by atoms with Gasteiger partial charge in [0.25, 0.3) is 5.91 Å². The molecule has 0 aliphatic heterocycles. The van der Waals surface area contributed by atoms with Crippen LogP contribution < -0.4 is 16.4 Å². The van der Waals surface area contributed by atoms with Gasteiger partial charge in [-0.05, 0) is 65.4 Å². The van der Waals surface area contributed by atoms with Crippen molar-refractivity contribution in [3.05, 3.63) is 82.4 Å². The Hall–Kier alpha value is -2.96. The number of nitrogens with two attached hydrogens (primary N) is 1. The summed E-state index contributed by atoms with van der Waals surface area (Å²) >= 11 is 7.42. The molecule has 33 heavy (non-hydrogen) atoms. The predicted octanol–water partition coefficient (Wildman–Crippen LogP) is 7.48. The maximum absolute atomic E-state index is 12.9. The molecule has 0 aliphatic rings. The minimum atomic E-state index is -0.616. The normalized spacial score (nSPS) is 11.0. The molecule has 0 fully saturated rings. The third-order valence-electron chi connectivity index (χ3n) is 5.17. The fourth-order valence-corrected chi connectivity index (χ4v) is 4.48. The van der Waals surface area contributed by atoms with E-state index in [4.69, 9.17) is 17.3 Å². The van der Waals surface area contributed by atoms with Gasteiger partial charge in [-0.1, -0.05) is 69.3 Å². The number of benzene rings is 3. The number of para-hydroxylation sites is 1. The zero-order chi connectivity index (χ0) is 24.1. The van der Waals surface area contributed by atoms with Crippen LogP contribution in [0.4, 0.5) is 16.2 Å². The molecule has 172 valence electrons. The molecule has 5 nitrogen and oxygen atoms in total. The smallest absolute Gasteiger partial charge is 0.323 e. The first kappa shape index (κ1) is 24.7. The number of hydrogen-bond donors (Lipinski definition) is 3. The van der Waals surface area contributed by atoms with Gasteiger partial charge in [0.1, 0.15) is 0 Å². The predicted molar refractivity (Wildman–Crippen MR) is 138 cm³/mol. The van der Waals surface area contributed by atoms with E-state index in [1.54, 1.807) is 24.3 Å². The monoisotopic (exact) mass is 481 g/mol. The molecule has 3 rings (SSSR count). The third kappa shape index (κ3) is 6.30. The lowest BCUT2D eigenvalue weighted by molar-refractivity contribution is 0.100. The molecular weight excluding hydrogens is 454 g/mol. The number of rotatable bonds is 7. The standard InChI is InChI=1S/C26H28ClN3O2S/c1-15(2)20-6-5-7-21(16(3)4)24(20)30-26(32)29-23-13-12-19(14-22(23)25(28)31)33-18-10-8-17(27)9-11-18/h5-16H,1-4H3,(H2,28,31)(H2,29,30,32). The number of halogens is 1. The molecule has 0 aliphatic carbocycles. The summed E-state index contributed by atoms with van der Waals surface area (Å²) in [6.45, 7) is 8.35. The number of carbonyl (C=O) groups is 2. The van der Waals surface area contributed by atoms with Crippen LogP contribution in [0, 0.1) is 0 Å². The van der Waals surface area contributed by atoms with Gasteiger partial charge in [-0.2, -0.15) is 0 Å². The molecule has 3 aromatic carbocycles. The summed E-state index contributed by atoms with van der Waals surface area (Å²) in [7, 11) is 0. The van der Waals surface area contributed by atoms with Gasteiger partial charge in [0.15, 0.2) is 0 Å². The average molecular weight is 482 g/mol. The van der Waals surface area contributed by atoms with Gasteiger partial charge in [0, 0.05) is 20.5 Å². The summed E-state index contributed by atoms with van der Waals surface area (Å²) in [5.74, 6) is -0.136. The molecule has 0 unspecified atom stereocenters. The first-order valence-electron chi connectivity index (χ1n) is 10.7. The maximum atomic E-state index is 12.9. The van der Waals surface area contributed by atoms with Gasteiger partial charge < -0.3 is 16.4 Å². The summed E-state index contributed by atoms with van der Waals surface area (Å²) in [4.78, 5) is 26.8. The van der Waals surface area contributed by atoms with Crippen LogP contribution in [0.25, 0.3) is 0 Å². The highest BCUT2D eigenvalue weighted by Crippen LogP contribution is 2.34. The van der Waals surface area contributed by atoms with E-state index in [1.807, 2.05) is 36.4 Å². The fraction of sp³-hybridized carbons (Fsp3) is 0.231. The van der Waals surface area contributed by atoms with E-state index < -0.39 is 11.9 Å². The molecular formula is C26H28ClN3O2S. The topological polar surface area (TPSA) is 84.2 Å². The molecule has 0 bridgehead atoms. The van der Waals surface area contributed by atoms with E-state index in [2.05, 4.69) is 38.3 Å². The Morgan fingerprint density at radius 3 is 1.97 bits per heavy atom. The number of nitrogens with one attached hydrogen (secondary N) is 2. The molecule has 0 saturated heterocycles. The van der Waals surface area contributed by atoms with Crippen LogP contribution >= 0.6 is 23.4 Å². The van der Waals surface area contributed by atoms with Crippen LogP contribution in [0.5, 0.6) is 0 Å². The van der Waals surface area contributed by atoms with Crippen molar-refractivity contribution in [1.29, 1.82) is 0 Å². The second-order valence-corrected chi connectivity index (χ2v) is 9.91. The fourth-order valence-electron chi connectivity index (χ4n) is 3.50. The Morgan fingerprint density at radius 2 is 1.42 bits per heavy atom. The quantitative estimate of drug-likeness (QED) is 0.327. The minimum absolute atomic E-state index is 0.240. The van der Waals surface area contributed by atoms with Crippen molar-refractivity contribution in [2.75, 3.05) is 10.6 Å². The summed E-state index contributed by atoms with van der Waals surface area (Å²) in [5.41, 5.74) is 9.13. The van der Waals surface area contributed by atoms with Crippen molar-refractivity contribution in [2.45, 2.75) is 49.3 Å². The van der Waals surface area contributed by atoms with Crippen LogP contribution in [0.1, 0.15) is 61.0 Å². The van der Waals surface area contributed by atoms with E-state index in [-0.39, 0.29) is 17.4 Å². The second-order valence-electron chi connectivity index (χ2n) is 8.33. The maximum Gasteiger partial charge on any atom is 0.323 e. The lowest BCUT2D eigenvalue weighted by Gasteiger charge is -2.20. The summed E-state index contributed by atoms with van der Waals surface area (Å²) in [6.07, 6.45) is 0. The van der Waals surface area contributed by atoms with E-state index >= 15 is 0 Å². The zero-order valence-corrected chi connectivity index (χ0v) is 20.7. The van der Waals surface area contributed by atoms with E-state index in [0.717, 1.165) is 26.6 Å². The average Bonchev–Trinajstić information content (AvgIpc) is 2.76. The largest absolute Gasteiger partial charge is 0.366 e. The van der Waals surface area contributed by atoms with Crippen molar-refractivity contribution >= 4 is 46.7 Å². The van der Waals surface area contributed by atoms with Gasteiger partial charge in [0.05, 0.1) is 11.3 Å². The van der Waals surface area contributed by atoms with Gasteiger partial charge in [-0.15, -0.1) is 0 Å². The number of primary amides is 1. The number of urea groups is 1. The highest BCUT2D eigenvalue weighted by molar-refractivity contribution is 7.99. The molecule has 0 heterocycles. The molecule has 0 spiro atoms. The van der Waals surface area contributed by atoms with E-state index in [9.17, 15) is 9.59 Å². The highest BCUT2D eigenvalue weighted by Gasteiger charge is 2.18. The van der Waals surface area contributed by atoms with Crippen molar-refractivity contribution in [1.82, 2.24) is 0 Å². The number of hydrogen-bond acceptors (Lipinski definition) is 3. The molecule has 3 amide bonds. The molecule has 0 atom stereocenters. The van der Waals surface area contributed by atoms with E-state index in [0.29, 0.717) is 10.7 Å². The lowest BCUT2D eigenvalue weighted by atomic mass is 9.93. The first-order chi connectivity index (χ1) is 15.7. The minimum Gasteiger partial charge on any atom is -0.366 e. The Kier molecular flexibility index (Phi) is 8.06. The van der Waals surface area contributed by atoms with Crippen molar-refractivity contribution in [2.24, 2.45) is 5.73 Å². The van der Waals surface area contributed by atoms with Gasteiger partial charge in [-0.3, -0.25) is 4.79 Å². The number of anilines is 2. The molecule has 4 N–H and O–H groups in total. The van der Waals surface area contributed by atoms with Crippen molar-refractivity contribution in [3.8, 4) is 0 Å². The van der Waals surface area contributed by atoms with Crippen LogP contribution in [0.2, 0.25) is 5.02 Å². The number of amides is 3. The zero-order valence-electron chi connectivity index (χ0n) is 19.1. The second kappa shape index (κ2) is 10.8. The van der Waals surface area contributed by atoms with Gasteiger partial charge >= 0.3 is 6.03 Å². The van der Waals surface area contributed by atoms with Gasteiger partial charge in [-0.25, -0.2) is 4.79 Å². The molecule has 0 aromatic heterocycles. The van der Waals surface area contributed by atoms with Crippen LogP contribution in [-0.2, 0) is 0 Å². The summed E-state index contributed by atoms with van der Waals surface area (Å²) in [6, 6.07) is 18.2. The van der Waals surface area contributed by atoms with Crippen molar-refractivity contribution < 1.29 is 9.59 Å². The van der Waals surface area contributed by atoms with Crippen molar-refractivity contribution in [3.63, 3.8) is 0 Å². The first-order valence-corrected chi connectivity index (χ1v) is 11.9. The van der Waals surface area contributed by atoms with Gasteiger partial charge in [0.2, 0.25) is 0 Å². The lowest BCUT2D eigenvalue weighted by Crippen LogP contribution is -2.24. The Morgan fingerprint density at radius 1 is 0.848 bits per heavy atom. The molecule has 0 radical (unpaired) electrons. The summed E-state index contributed by atoms with van der Waals surface area (Å²) < 4.78 is 0. The Balaban J connectivity index is 1.84. The molecule has 0 saturated carbocycles. The molecule has 7 heteroatoms. The highest BCUT2D eigenvalue weighted by atomic mass is 35.5. The Labute approximate surface area is 204 Å². The SMILES string of the molecule is CC(C)c1cccc(C(C)C)c1NC(=O)Nc1ccc(Sc2ccc(Cl)cc2)cc1C(N)=O. The van der Waals surface area contributed by atoms with Crippen LogP contribution in [0.3, 0.4) is 0 Å². The number of carbonyl (C=O) groups excluding carboxylic acids is 2. The molecule has 3 aromatic rings. The van der Waals surface area contributed by atoms with E-state index in [1.165, 1.54) is 11.8 Å².